The van der Waals surface area contributed by atoms with Gasteiger partial charge in [-0.15, -0.1) is 17.7 Å². The van der Waals surface area contributed by atoms with Gasteiger partial charge < -0.3 is 20.7 Å². The van der Waals surface area contributed by atoms with E-state index in [2.05, 4.69) is 32.1 Å². The minimum Gasteiger partial charge on any atom is -0.467 e. The molecule has 7 rings (SSSR count). The first-order valence-electron chi connectivity index (χ1n) is 16.9. The number of nitrogens with two attached hydrogens (primary N) is 1. The van der Waals surface area contributed by atoms with Gasteiger partial charge in [-0.25, -0.2) is 4.39 Å². The summed E-state index contributed by atoms with van der Waals surface area (Å²) < 4.78 is 19.9. The van der Waals surface area contributed by atoms with Gasteiger partial charge in [0.05, 0.1) is 35.1 Å². The summed E-state index contributed by atoms with van der Waals surface area (Å²) in [5.41, 5.74) is 11.5. The van der Waals surface area contributed by atoms with E-state index in [9.17, 15) is 9.18 Å². The SMILES string of the molecule is CC.CC#Cc1cc(N)cc(C2Cc3nc(OC)nc(N4CCCn5nc(C(=O)NC)c(Cl)c5C4)c3CS2)c1Cl.FC1CC2CCCN2C1. The van der Waals surface area contributed by atoms with Crippen molar-refractivity contribution in [3.8, 4) is 17.9 Å². The first-order chi connectivity index (χ1) is 23.7. The number of carbonyl (C=O) groups excluding carboxylic acids is 1. The molecule has 0 spiro atoms. The summed E-state index contributed by atoms with van der Waals surface area (Å²) in [6, 6.07) is 4.64. The summed E-state index contributed by atoms with van der Waals surface area (Å²) >= 11 is 15.2. The lowest BCUT2D eigenvalue weighted by Gasteiger charge is -2.30. The van der Waals surface area contributed by atoms with Crippen LogP contribution in [0, 0.1) is 11.8 Å². The van der Waals surface area contributed by atoms with E-state index in [4.69, 9.17) is 43.6 Å². The van der Waals surface area contributed by atoms with E-state index in [0.717, 1.165) is 59.8 Å². The summed E-state index contributed by atoms with van der Waals surface area (Å²) in [6.45, 7) is 9.49. The fourth-order valence-corrected chi connectivity index (χ4v) is 8.80. The Kier molecular flexibility index (Phi) is 12.6. The molecule has 1 aromatic carbocycles. The van der Waals surface area contributed by atoms with Crippen LogP contribution in [0.3, 0.4) is 0 Å². The molecule has 3 aromatic rings. The molecular formula is C35H45Cl2FN8O2S. The quantitative estimate of drug-likeness (QED) is 0.231. The molecule has 2 saturated heterocycles. The minimum atomic E-state index is -0.518. The Hall–Kier alpha value is -3.24. The van der Waals surface area contributed by atoms with Crippen molar-refractivity contribution < 1.29 is 13.9 Å². The number of thioether (sulfide) groups is 1. The second-order valence-corrected chi connectivity index (χ2v) is 14.1. The molecule has 4 aliphatic rings. The van der Waals surface area contributed by atoms with Crippen LogP contribution in [-0.4, -0.2) is 76.6 Å². The standard InChI is InChI=1S/C26H27Cl2N7O2S.C7H12FN.C2H6/c1-4-6-14-9-15(29)10-16(21(14)27)20-11-18-17(13-38-20)24(32-26(31-18)37-3)34-7-5-8-35-19(12-34)22(28)23(33-35)25(36)30-2;8-6-4-7-2-1-3-9(7)5-6;1-2/h9-10,20H,5,7-8,11-13,29H2,1-3H3,(H,30,36);6-7H,1-5H2;1-2H3. The second kappa shape index (κ2) is 16.6. The van der Waals surface area contributed by atoms with E-state index in [1.165, 1.54) is 12.8 Å². The van der Waals surface area contributed by atoms with E-state index in [1.54, 1.807) is 38.9 Å². The Morgan fingerprint density at radius 3 is 2.67 bits per heavy atom. The lowest BCUT2D eigenvalue weighted by Crippen LogP contribution is -2.27. The highest BCUT2D eigenvalue weighted by Crippen LogP contribution is 2.46. The summed E-state index contributed by atoms with van der Waals surface area (Å²) in [6.07, 6.45) is 4.27. The lowest BCUT2D eigenvalue weighted by molar-refractivity contribution is 0.0957. The predicted molar refractivity (Wildman–Crippen MR) is 196 cm³/mol. The number of aromatic nitrogens is 4. The van der Waals surface area contributed by atoms with Crippen molar-refractivity contribution in [3.05, 3.63) is 56.0 Å². The molecule has 3 atom stereocenters. The summed E-state index contributed by atoms with van der Waals surface area (Å²) in [4.78, 5) is 26.2. The van der Waals surface area contributed by atoms with Crippen LogP contribution in [0.15, 0.2) is 12.1 Å². The van der Waals surface area contributed by atoms with Gasteiger partial charge in [-0.2, -0.15) is 15.1 Å². The number of anilines is 2. The molecular weight excluding hydrogens is 686 g/mol. The van der Waals surface area contributed by atoms with Crippen molar-refractivity contribution in [2.24, 2.45) is 0 Å². The molecule has 2 aromatic heterocycles. The van der Waals surface area contributed by atoms with Crippen LogP contribution in [0.2, 0.25) is 10.0 Å². The lowest BCUT2D eigenvalue weighted by atomic mass is 10.0. The number of aryl methyl sites for hydroxylation is 1. The average Bonchev–Trinajstić information content (AvgIpc) is 3.73. The maximum atomic E-state index is 12.6. The van der Waals surface area contributed by atoms with E-state index < -0.39 is 6.17 Å². The van der Waals surface area contributed by atoms with Crippen molar-refractivity contribution in [1.82, 2.24) is 30.0 Å². The van der Waals surface area contributed by atoms with E-state index in [-0.39, 0.29) is 16.9 Å². The zero-order valence-electron chi connectivity index (χ0n) is 28.8. The number of nitrogen functional groups attached to an aromatic ring is 1. The molecule has 14 heteroatoms. The van der Waals surface area contributed by atoms with Crippen molar-refractivity contribution in [1.29, 1.82) is 0 Å². The third kappa shape index (κ3) is 8.06. The Balaban J connectivity index is 0.000000361. The Bertz CT molecular complexity index is 1720. The second-order valence-electron chi connectivity index (χ2n) is 12.1. The van der Waals surface area contributed by atoms with Crippen LogP contribution in [0.1, 0.15) is 90.3 Å². The van der Waals surface area contributed by atoms with Crippen LogP contribution in [-0.2, 0) is 25.3 Å². The molecule has 3 N–H and O–H groups in total. The van der Waals surface area contributed by atoms with Crippen molar-refractivity contribution in [2.45, 2.75) is 89.2 Å². The molecule has 4 aliphatic heterocycles. The van der Waals surface area contributed by atoms with E-state index in [1.807, 2.05) is 24.6 Å². The maximum absolute atomic E-state index is 12.6. The van der Waals surface area contributed by atoms with Gasteiger partial charge in [0.1, 0.15) is 12.0 Å². The predicted octanol–water partition coefficient (Wildman–Crippen LogP) is 6.46. The van der Waals surface area contributed by atoms with E-state index >= 15 is 0 Å². The van der Waals surface area contributed by atoms with Gasteiger partial charge in [-0.1, -0.05) is 43.0 Å². The molecule has 264 valence electrons. The maximum Gasteiger partial charge on any atom is 0.318 e. The van der Waals surface area contributed by atoms with Crippen molar-refractivity contribution in [2.75, 3.05) is 44.4 Å². The zero-order valence-corrected chi connectivity index (χ0v) is 31.1. The monoisotopic (exact) mass is 730 g/mol. The summed E-state index contributed by atoms with van der Waals surface area (Å²) in [5.74, 6) is 7.14. The van der Waals surface area contributed by atoms with E-state index in [0.29, 0.717) is 59.6 Å². The highest BCUT2D eigenvalue weighted by Gasteiger charge is 2.35. The minimum absolute atomic E-state index is 0.0542. The number of hydrogen-bond donors (Lipinski definition) is 2. The number of ether oxygens (including phenoxy) is 1. The number of amides is 1. The number of fused-ring (bicyclic) bond motifs is 3. The van der Waals surface area contributed by atoms with Gasteiger partial charge in [0.25, 0.3) is 5.91 Å². The van der Waals surface area contributed by atoms with Crippen molar-refractivity contribution in [3.63, 3.8) is 0 Å². The Morgan fingerprint density at radius 2 is 1.96 bits per heavy atom. The number of hydrogen-bond acceptors (Lipinski definition) is 9. The highest BCUT2D eigenvalue weighted by molar-refractivity contribution is 7.98. The molecule has 0 aliphatic carbocycles. The fourth-order valence-electron chi connectivity index (χ4n) is 6.87. The third-order valence-electron chi connectivity index (χ3n) is 9.10. The molecule has 1 amide bonds. The normalized spacial score (nSPS) is 21.0. The first-order valence-corrected chi connectivity index (χ1v) is 18.7. The molecule has 0 bridgehead atoms. The number of carbonyl (C=O) groups is 1. The number of rotatable bonds is 4. The molecule has 49 heavy (non-hydrogen) atoms. The van der Waals surface area contributed by atoms with Crippen LogP contribution in [0.4, 0.5) is 15.9 Å². The van der Waals surface area contributed by atoms with Gasteiger partial charge in [0.15, 0.2) is 5.69 Å². The number of benzene rings is 1. The topological polar surface area (TPSA) is 114 Å². The molecule has 0 saturated carbocycles. The molecule has 3 unspecified atom stereocenters. The summed E-state index contributed by atoms with van der Waals surface area (Å²) in [7, 11) is 3.13. The molecule has 0 radical (unpaired) electrons. The van der Waals surface area contributed by atoms with Crippen LogP contribution >= 0.6 is 35.0 Å². The number of nitrogens with one attached hydrogen (secondary N) is 1. The molecule has 6 heterocycles. The van der Waals surface area contributed by atoms with Gasteiger partial charge >= 0.3 is 6.01 Å². The first kappa shape index (κ1) is 37.0. The number of alkyl halides is 1. The number of methoxy groups -OCH3 is 1. The van der Waals surface area contributed by atoms with Crippen molar-refractivity contribution >= 4 is 52.4 Å². The Morgan fingerprint density at radius 1 is 1.16 bits per heavy atom. The van der Waals surface area contributed by atoms with Gasteiger partial charge in [-0.3, -0.25) is 14.4 Å². The largest absolute Gasteiger partial charge is 0.467 e. The average molecular weight is 732 g/mol. The molecule has 2 fully saturated rings. The zero-order chi connectivity index (χ0) is 35.2. The number of nitrogens with zero attached hydrogens (tertiary/aromatic N) is 6. The van der Waals surface area contributed by atoms with Gasteiger partial charge in [-0.05, 0) is 56.8 Å². The smallest absolute Gasteiger partial charge is 0.318 e. The molecule has 10 nitrogen and oxygen atoms in total. The van der Waals surface area contributed by atoms with Gasteiger partial charge in [0, 0.05) is 67.0 Å². The summed E-state index contributed by atoms with van der Waals surface area (Å²) in [5, 5.41) is 8.11. The van der Waals surface area contributed by atoms with Crippen LogP contribution < -0.4 is 20.7 Å². The number of halogens is 3. The van der Waals surface area contributed by atoms with Crippen LogP contribution in [0.5, 0.6) is 6.01 Å². The highest BCUT2D eigenvalue weighted by atomic mass is 35.5. The third-order valence-corrected chi connectivity index (χ3v) is 11.2. The fraction of sp³-hybridized carbons (Fsp3) is 0.543. The Labute approximate surface area is 302 Å². The van der Waals surface area contributed by atoms with Crippen LogP contribution in [0.25, 0.3) is 0 Å². The van der Waals surface area contributed by atoms with Gasteiger partial charge in [0.2, 0.25) is 0 Å².